The van der Waals surface area contributed by atoms with E-state index >= 15 is 0 Å². The molecule has 1 atom stereocenters. The van der Waals surface area contributed by atoms with Gasteiger partial charge in [-0.1, -0.05) is 24.3 Å². The summed E-state index contributed by atoms with van der Waals surface area (Å²) in [4.78, 5) is 0. The summed E-state index contributed by atoms with van der Waals surface area (Å²) in [6.45, 7) is 0. The first kappa shape index (κ1) is 18.5. The van der Waals surface area contributed by atoms with E-state index in [4.69, 9.17) is 19.2 Å². The van der Waals surface area contributed by atoms with Crippen LogP contribution in [0.25, 0.3) is 0 Å². The van der Waals surface area contributed by atoms with Gasteiger partial charge in [0, 0.05) is 11.6 Å². The summed E-state index contributed by atoms with van der Waals surface area (Å²) in [5.41, 5.74) is 1.36. The molecular weight excluding hydrogens is 384 g/mol. The number of hydrogen-bond donors (Lipinski definition) is 2. The van der Waals surface area contributed by atoms with E-state index < -0.39 is 26.7 Å². The first-order valence-corrected chi connectivity index (χ1v) is 10.4. The lowest BCUT2D eigenvalue weighted by Crippen LogP contribution is -2.22. The maximum absolute atomic E-state index is 11.2. The van der Waals surface area contributed by atoms with Gasteiger partial charge in [0.2, 0.25) is 0 Å². The van der Waals surface area contributed by atoms with Crippen molar-refractivity contribution in [2.45, 2.75) is 18.9 Å². The average molecular weight is 400 g/mol. The fourth-order valence-electron chi connectivity index (χ4n) is 2.70. The lowest BCUT2D eigenvalue weighted by Gasteiger charge is -2.27. The third-order valence-electron chi connectivity index (χ3n) is 3.67. The molecular formula is C15H16N2O7S2. The first-order valence-electron chi connectivity index (χ1n) is 7.44. The number of aryl methyl sites for hydroxylation is 1. The summed E-state index contributed by atoms with van der Waals surface area (Å²) in [5, 5.41) is 9.81. The van der Waals surface area contributed by atoms with Gasteiger partial charge in [-0.25, -0.2) is 0 Å². The Hall–Kier alpha value is -2.34. The minimum absolute atomic E-state index is 0.0148. The zero-order valence-electron chi connectivity index (χ0n) is 13.4. The highest BCUT2D eigenvalue weighted by Crippen LogP contribution is 2.39. The Morgan fingerprint density at radius 1 is 0.962 bits per heavy atom. The van der Waals surface area contributed by atoms with E-state index in [9.17, 15) is 16.8 Å². The maximum Gasteiger partial charge on any atom is 0.380 e. The quantitative estimate of drug-likeness (QED) is 0.758. The molecule has 140 valence electrons. The van der Waals surface area contributed by atoms with Crippen LogP contribution in [0.15, 0.2) is 42.5 Å². The Kier molecular flexibility index (Phi) is 4.80. The number of ether oxygens (including phenoxy) is 1. The lowest BCUT2D eigenvalue weighted by atomic mass is 9.97. The minimum atomic E-state index is -4.18. The van der Waals surface area contributed by atoms with Crippen LogP contribution in [0.1, 0.15) is 23.7 Å². The second-order valence-electron chi connectivity index (χ2n) is 5.60. The molecule has 0 spiro atoms. The zero-order valence-corrected chi connectivity index (χ0v) is 15.0. The van der Waals surface area contributed by atoms with Crippen LogP contribution >= 0.6 is 0 Å². The van der Waals surface area contributed by atoms with Gasteiger partial charge in [0.25, 0.3) is 0 Å². The van der Waals surface area contributed by atoms with Crippen LogP contribution in [0.2, 0.25) is 0 Å². The van der Waals surface area contributed by atoms with E-state index in [2.05, 4.69) is 4.18 Å². The van der Waals surface area contributed by atoms with Crippen LogP contribution in [0.5, 0.6) is 17.2 Å². The van der Waals surface area contributed by atoms with Crippen molar-refractivity contribution in [3.05, 3.63) is 53.6 Å². The van der Waals surface area contributed by atoms with Crippen molar-refractivity contribution < 1.29 is 29.9 Å². The fraction of sp³-hybridized carbons (Fsp3) is 0.200. The second-order valence-corrected chi connectivity index (χ2v) is 7.91. The highest BCUT2D eigenvalue weighted by molar-refractivity contribution is 7.85. The van der Waals surface area contributed by atoms with Crippen LogP contribution in [-0.2, 0) is 27.0 Å². The molecule has 3 rings (SSSR count). The maximum atomic E-state index is 11.2. The number of nitrogens with two attached hydrogens (primary N) is 2. The number of hydrogen-bond acceptors (Lipinski definition) is 7. The molecule has 11 heteroatoms. The van der Waals surface area contributed by atoms with E-state index in [1.54, 1.807) is 24.3 Å². The molecule has 26 heavy (non-hydrogen) atoms. The molecule has 0 fully saturated rings. The molecule has 0 aromatic heterocycles. The highest BCUT2D eigenvalue weighted by atomic mass is 32.2. The summed E-state index contributed by atoms with van der Waals surface area (Å²) in [6.07, 6.45) is 0.678. The van der Waals surface area contributed by atoms with Crippen molar-refractivity contribution in [3.8, 4) is 17.2 Å². The zero-order chi connectivity index (χ0) is 18.9. The van der Waals surface area contributed by atoms with Gasteiger partial charge >= 0.3 is 20.6 Å². The molecule has 0 amide bonds. The van der Waals surface area contributed by atoms with Crippen molar-refractivity contribution in [1.29, 1.82) is 0 Å². The number of benzene rings is 2. The highest BCUT2D eigenvalue weighted by Gasteiger charge is 2.26. The van der Waals surface area contributed by atoms with Gasteiger partial charge in [0.15, 0.2) is 5.75 Å². The van der Waals surface area contributed by atoms with Crippen molar-refractivity contribution >= 4 is 20.6 Å². The monoisotopic (exact) mass is 400 g/mol. The van der Waals surface area contributed by atoms with Crippen molar-refractivity contribution in [3.63, 3.8) is 0 Å². The van der Waals surface area contributed by atoms with Crippen LogP contribution in [0, 0.1) is 0 Å². The molecule has 0 saturated carbocycles. The molecule has 4 N–H and O–H groups in total. The molecule has 9 nitrogen and oxygen atoms in total. The molecule has 1 aliphatic rings. The molecule has 2 aromatic carbocycles. The minimum Gasteiger partial charge on any atom is -0.485 e. The second kappa shape index (κ2) is 6.76. The lowest BCUT2D eigenvalue weighted by molar-refractivity contribution is 0.174. The predicted octanol–water partition coefficient (Wildman–Crippen LogP) is 0.918. The normalized spacial score (nSPS) is 17.1. The van der Waals surface area contributed by atoms with Crippen molar-refractivity contribution in [2.24, 2.45) is 10.3 Å². The predicted molar refractivity (Wildman–Crippen MR) is 92.0 cm³/mol. The van der Waals surface area contributed by atoms with E-state index in [1.807, 2.05) is 0 Å². The SMILES string of the molecule is NS(=O)(=O)Oc1ccc2c(c1)O[C@@H](c1ccccc1OS(N)(=O)=O)CC2. The molecule has 0 unspecified atom stereocenters. The van der Waals surface area contributed by atoms with E-state index in [0.717, 1.165) is 5.56 Å². The van der Waals surface area contributed by atoms with Crippen LogP contribution in [0.4, 0.5) is 0 Å². The van der Waals surface area contributed by atoms with Gasteiger partial charge < -0.3 is 13.1 Å². The van der Waals surface area contributed by atoms with Gasteiger partial charge in [-0.2, -0.15) is 27.1 Å². The van der Waals surface area contributed by atoms with Gasteiger partial charge in [-0.15, -0.1) is 0 Å². The third kappa shape index (κ3) is 4.64. The topological polar surface area (TPSA) is 148 Å². The number of para-hydroxylation sites is 1. The Morgan fingerprint density at radius 3 is 2.35 bits per heavy atom. The molecule has 2 aromatic rings. The number of fused-ring (bicyclic) bond motifs is 1. The Labute approximate surface area is 151 Å². The van der Waals surface area contributed by atoms with Gasteiger partial charge in [-0.05, 0) is 30.5 Å². The van der Waals surface area contributed by atoms with Gasteiger partial charge in [-0.3, -0.25) is 0 Å². The molecule has 0 saturated heterocycles. The smallest absolute Gasteiger partial charge is 0.380 e. The molecule has 1 heterocycles. The van der Waals surface area contributed by atoms with Crippen molar-refractivity contribution in [1.82, 2.24) is 0 Å². The van der Waals surface area contributed by atoms with Gasteiger partial charge in [0.1, 0.15) is 17.6 Å². The summed E-state index contributed by atoms with van der Waals surface area (Å²) in [6, 6.07) is 11.0. The molecule has 0 aliphatic carbocycles. The molecule has 0 bridgehead atoms. The summed E-state index contributed by atoms with van der Waals surface area (Å²) in [5.74, 6) is 0.495. The van der Waals surface area contributed by atoms with E-state index in [1.165, 1.54) is 18.2 Å². The number of rotatable bonds is 5. The van der Waals surface area contributed by atoms with E-state index in [0.29, 0.717) is 24.2 Å². The first-order chi connectivity index (χ1) is 12.1. The Balaban J connectivity index is 1.90. The molecule has 0 radical (unpaired) electrons. The van der Waals surface area contributed by atoms with Crippen LogP contribution in [-0.4, -0.2) is 16.8 Å². The third-order valence-corrected chi connectivity index (χ3v) is 4.50. The Morgan fingerprint density at radius 2 is 1.65 bits per heavy atom. The van der Waals surface area contributed by atoms with Crippen LogP contribution < -0.4 is 23.4 Å². The Bertz CT molecular complexity index is 1040. The average Bonchev–Trinajstić information content (AvgIpc) is 2.51. The van der Waals surface area contributed by atoms with Crippen molar-refractivity contribution in [2.75, 3.05) is 0 Å². The fourth-order valence-corrected chi connectivity index (χ4v) is 3.48. The standard InChI is InChI=1S/C15H16N2O7S2/c16-25(18,19)23-11-7-5-10-6-8-13(22-15(10)9-11)12-3-1-2-4-14(12)24-26(17,20)21/h1-5,7,9,13H,6,8H2,(H2,16,18,19)(H2,17,20,21)/t13-/m1/s1. The van der Waals surface area contributed by atoms with Gasteiger partial charge in [0.05, 0.1) is 0 Å². The van der Waals surface area contributed by atoms with Crippen LogP contribution in [0.3, 0.4) is 0 Å². The summed E-state index contributed by atoms with van der Waals surface area (Å²) in [7, 11) is -8.33. The summed E-state index contributed by atoms with van der Waals surface area (Å²) < 4.78 is 60.0. The van der Waals surface area contributed by atoms with E-state index in [-0.39, 0.29) is 11.5 Å². The summed E-state index contributed by atoms with van der Waals surface area (Å²) >= 11 is 0. The molecule has 1 aliphatic heterocycles. The largest absolute Gasteiger partial charge is 0.485 e.